The molecule has 2 heterocycles. The highest BCUT2D eigenvalue weighted by molar-refractivity contribution is 7.98. The van der Waals surface area contributed by atoms with Gasteiger partial charge in [0.1, 0.15) is 11.6 Å². The second-order valence-corrected chi connectivity index (χ2v) is 3.31. The first kappa shape index (κ1) is 8.08. The van der Waals surface area contributed by atoms with Gasteiger partial charge in [-0.05, 0) is 6.26 Å². The number of nitrogens with zero attached hydrogens (tertiary/aromatic N) is 4. The van der Waals surface area contributed by atoms with Crippen molar-refractivity contribution in [1.29, 1.82) is 5.26 Å². The zero-order valence-corrected chi connectivity index (χ0v) is 7.75. The summed E-state index contributed by atoms with van der Waals surface area (Å²) in [4.78, 5) is 5.17. The smallest absolute Gasteiger partial charge is 0.172 e. The van der Waals surface area contributed by atoms with E-state index < -0.39 is 0 Å². The molecular formula is C8H6N4S. The molecule has 0 spiro atoms. The zero-order chi connectivity index (χ0) is 9.26. The summed E-state index contributed by atoms with van der Waals surface area (Å²) in [6.07, 6.45) is 7.08. The SMILES string of the molecule is CSc1cnc2c(C#N)cnn2c1. The second-order valence-electron chi connectivity index (χ2n) is 2.43. The van der Waals surface area contributed by atoms with Crippen LogP contribution in [0.25, 0.3) is 5.65 Å². The van der Waals surface area contributed by atoms with Gasteiger partial charge in [-0.25, -0.2) is 9.50 Å². The lowest BCUT2D eigenvalue weighted by atomic mass is 10.4. The van der Waals surface area contributed by atoms with Crippen LogP contribution in [0.3, 0.4) is 0 Å². The maximum Gasteiger partial charge on any atom is 0.172 e. The molecule has 0 aliphatic rings. The fraction of sp³-hybridized carbons (Fsp3) is 0.125. The van der Waals surface area contributed by atoms with Crippen LogP contribution in [0.5, 0.6) is 0 Å². The molecule has 4 nitrogen and oxygen atoms in total. The standard InChI is InChI=1S/C8H6N4S/c1-13-7-4-10-8-6(2-9)3-11-12(8)5-7/h3-5H,1H3. The molecule has 2 rings (SSSR count). The first-order valence-corrected chi connectivity index (χ1v) is 4.85. The van der Waals surface area contributed by atoms with Gasteiger partial charge in [0.15, 0.2) is 5.65 Å². The summed E-state index contributed by atoms with van der Waals surface area (Å²) in [7, 11) is 0. The monoisotopic (exact) mass is 190 g/mol. The molecule has 0 aliphatic heterocycles. The third-order valence-corrected chi connectivity index (χ3v) is 2.37. The van der Waals surface area contributed by atoms with Gasteiger partial charge >= 0.3 is 0 Å². The van der Waals surface area contributed by atoms with E-state index in [-0.39, 0.29) is 0 Å². The first-order chi connectivity index (χ1) is 6.35. The minimum Gasteiger partial charge on any atom is -0.235 e. The van der Waals surface area contributed by atoms with E-state index in [1.807, 2.05) is 18.5 Å². The number of nitriles is 1. The van der Waals surface area contributed by atoms with E-state index in [1.54, 1.807) is 22.5 Å². The van der Waals surface area contributed by atoms with Crippen molar-refractivity contribution in [2.75, 3.05) is 6.26 Å². The number of fused-ring (bicyclic) bond motifs is 1. The van der Waals surface area contributed by atoms with Gasteiger partial charge in [-0.3, -0.25) is 0 Å². The second kappa shape index (κ2) is 3.07. The molecule has 64 valence electrons. The van der Waals surface area contributed by atoms with E-state index in [0.717, 1.165) is 4.90 Å². The van der Waals surface area contributed by atoms with Crippen molar-refractivity contribution in [2.24, 2.45) is 0 Å². The van der Waals surface area contributed by atoms with Crippen molar-refractivity contribution in [3.05, 3.63) is 24.2 Å². The Morgan fingerprint density at radius 2 is 2.38 bits per heavy atom. The maximum absolute atomic E-state index is 8.70. The van der Waals surface area contributed by atoms with Crippen molar-refractivity contribution >= 4 is 17.4 Å². The summed E-state index contributed by atoms with van der Waals surface area (Å²) >= 11 is 1.59. The van der Waals surface area contributed by atoms with Crippen LogP contribution in [0.15, 0.2) is 23.5 Å². The van der Waals surface area contributed by atoms with Gasteiger partial charge in [-0.1, -0.05) is 0 Å². The van der Waals surface area contributed by atoms with E-state index in [0.29, 0.717) is 11.2 Å². The van der Waals surface area contributed by atoms with Crippen molar-refractivity contribution in [1.82, 2.24) is 14.6 Å². The summed E-state index contributed by atoms with van der Waals surface area (Å²) in [5, 5.41) is 12.7. The van der Waals surface area contributed by atoms with Crippen molar-refractivity contribution in [3.8, 4) is 6.07 Å². The highest BCUT2D eigenvalue weighted by atomic mass is 32.2. The molecule has 0 unspecified atom stereocenters. The Morgan fingerprint density at radius 3 is 3.08 bits per heavy atom. The normalized spacial score (nSPS) is 10.2. The molecule has 5 heteroatoms. The minimum absolute atomic E-state index is 0.507. The number of hydrogen-bond donors (Lipinski definition) is 0. The van der Waals surface area contributed by atoms with Crippen molar-refractivity contribution < 1.29 is 0 Å². The Hall–Kier alpha value is -1.54. The average molecular weight is 190 g/mol. The molecule has 0 atom stereocenters. The Bertz CT molecular complexity index is 482. The average Bonchev–Trinajstić information content (AvgIpc) is 2.59. The lowest BCUT2D eigenvalue weighted by molar-refractivity contribution is 0.913. The summed E-state index contributed by atoms with van der Waals surface area (Å²) in [5.41, 5.74) is 1.12. The maximum atomic E-state index is 8.70. The summed E-state index contributed by atoms with van der Waals surface area (Å²) in [6, 6.07) is 2.03. The Balaban J connectivity index is 2.70. The Morgan fingerprint density at radius 1 is 1.54 bits per heavy atom. The zero-order valence-electron chi connectivity index (χ0n) is 6.93. The molecule has 0 radical (unpaired) electrons. The van der Waals surface area contributed by atoms with E-state index in [9.17, 15) is 0 Å². The number of thioether (sulfide) groups is 1. The van der Waals surface area contributed by atoms with Crippen LogP contribution < -0.4 is 0 Å². The molecular weight excluding hydrogens is 184 g/mol. The van der Waals surface area contributed by atoms with E-state index in [1.165, 1.54) is 6.20 Å². The van der Waals surface area contributed by atoms with Gasteiger partial charge < -0.3 is 0 Å². The number of hydrogen-bond acceptors (Lipinski definition) is 4. The van der Waals surface area contributed by atoms with Crippen molar-refractivity contribution in [3.63, 3.8) is 0 Å². The number of aromatic nitrogens is 3. The van der Waals surface area contributed by atoms with E-state index >= 15 is 0 Å². The minimum atomic E-state index is 0.507. The van der Waals surface area contributed by atoms with E-state index in [2.05, 4.69) is 10.1 Å². The largest absolute Gasteiger partial charge is 0.235 e. The van der Waals surface area contributed by atoms with Crippen LogP contribution in [0.1, 0.15) is 5.56 Å². The molecule has 0 bridgehead atoms. The fourth-order valence-corrected chi connectivity index (χ4v) is 1.41. The predicted molar refractivity (Wildman–Crippen MR) is 49.5 cm³/mol. The third-order valence-electron chi connectivity index (χ3n) is 1.69. The van der Waals surface area contributed by atoms with Crippen LogP contribution >= 0.6 is 11.8 Å². The number of rotatable bonds is 1. The van der Waals surface area contributed by atoms with Gasteiger partial charge in [-0.15, -0.1) is 11.8 Å². The van der Waals surface area contributed by atoms with Crippen LogP contribution in [-0.2, 0) is 0 Å². The Labute approximate surface area is 79.2 Å². The topological polar surface area (TPSA) is 54.0 Å². The molecule has 0 aromatic carbocycles. The van der Waals surface area contributed by atoms with Gasteiger partial charge in [0.25, 0.3) is 0 Å². The van der Waals surface area contributed by atoms with Crippen LogP contribution in [0.4, 0.5) is 0 Å². The van der Waals surface area contributed by atoms with Gasteiger partial charge in [-0.2, -0.15) is 10.4 Å². The molecule has 2 aromatic heterocycles. The van der Waals surface area contributed by atoms with Crippen LogP contribution in [0, 0.1) is 11.3 Å². The highest BCUT2D eigenvalue weighted by Gasteiger charge is 2.03. The van der Waals surface area contributed by atoms with Crippen LogP contribution in [-0.4, -0.2) is 20.9 Å². The summed E-state index contributed by atoms with van der Waals surface area (Å²) < 4.78 is 1.62. The van der Waals surface area contributed by atoms with Gasteiger partial charge in [0.2, 0.25) is 0 Å². The Kier molecular flexibility index (Phi) is 1.91. The molecule has 0 amide bonds. The van der Waals surface area contributed by atoms with Crippen LogP contribution in [0.2, 0.25) is 0 Å². The first-order valence-electron chi connectivity index (χ1n) is 3.62. The highest BCUT2D eigenvalue weighted by Crippen LogP contribution is 2.14. The van der Waals surface area contributed by atoms with Gasteiger partial charge in [0.05, 0.1) is 6.20 Å². The van der Waals surface area contributed by atoms with Crippen molar-refractivity contribution in [2.45, 2.75) is 4.90 Å². The molecule has 2 aromatic rings. The fourth-order valence-electron chi connectivity index (χ4n) is 1.04. The predicted octanol–water partition coefficient (Wildman–Crippen LogP) is 1.32. The van der Waals surface area contributed by atoms with Gasteiger partial charge in [0, 0.05) is 17.3 Å². The molecule has 0 saturated carbocycles. The lowest BCUT2D eigenvalue weighted by Gasteiger charge is -1.95. The molecule has 0 fully saturated rings. The summed E-state index contributed by atoms with van der Waals surface area (Å²) in [5.74, 6) is 0. The third kappa shape index (κ3) is 1.25. The molecule has 0 saturated heterocycles. The molecule has 0 N–H and O–H groups in total. The van der Waals surface area contributed by atoms with E-state index in [4.69, 9.17) is 5.26 Å². The quantitative estimate of drug-likeness (QED) is 0.636. The molecule has 0 aliphatic carbocycles. The summed E-state index contributed by atoms with van der Waals surface area (Å²) in [6.45, 7) is 0. The molecule has 13 heavy (non-hydrogen) atoms. The lowest BCUT2D eigenvalue weighted by Crippen LogP contribution is -1.90.